The van der Waals surface area contributed by atoms with Crippen LogP contribution >= 0.6 is 15.9 Å². The zero-order valence-corrected chi connectivity index (χ0v) is 18.9. The van der Waals surface area contributed by atoms with Gasteiger partial charge < -0.3 is 9.80 Å². The van der Waals surface area contributed by atoms with Crippen LogP contribution in [0.25, 0.3) is 0 Å². The number of anilines is 1. The van der Waals surface area contributed by atoms with E-state index in [0.29, 0.717) is 6.54 Å². The van der Waals surface area contributed by atoms with E-state index in [-0.39, 0.29) is 17.5 Å². The van der Waals surface area contributed by atoms with Crippen molar-refractivity contribution in [2.75, 3.05) is 18.5 Å². The Kier molecular flexibility index (Phi) is 4.69. The van der Waals surface area contributed by atoms with Crippen molar-refractivity contribution < 1.29 is 9.36 Å². The van der Waals surface area contributed by atoms with Crippen molar-refractivity contribution >= 4 is 27.5 Å². The number of rotatable bonds is 4. The Morgan fingerprint density at radius 3 is 2.77 bits per heavy atom. The van der Waals surface area contributed by atoms with Gasteiger partial charge in [-0.1, -0.05) is 53.2 Å². The van der Waals surface area contributed by atoms with Crippen LogP contribution in [0.3, 0.4) is 0 Å². The molecular formula is C24H26BrN4O+. The van der Waals surface area contributed by atoms with E-state index in [1.165, 1.54) is 16.8 Å². The third kappa shape index (κ3) is 3.14. The number of hydrogen-bond donors (Lipinski definition) is 0. The first-order chi connectivity index (χ1) is 14.5. The first-order valence-electron chi connectivity index (χ1n) is 10.4. The van der Waals surface area contributed by atoms with Crippen molar-refractivity contribution in [2.24, 2.45) is 0 Å². The van der Waals surface area contributed by atoms with E-state index in [4.69, 9.17) is 0 Å². The summed E-state index contributed by atoms with van der Waals surface area (Å²) in [6.45, 7) is 4.26. The Morgan fingerprint density at radius 1 is 1.20 bits per heavy atom. The molecule has 0 N–H and O–H groups in total. The van der Waals surface area contributed by atoms with Crippen LogP contribution < -0.4 is 9.47 Å². The Balaban J connectivity index is 1.30. The Morgan fingerprint density at radius 2 is 1.97 bits per heavy atom. The quantitative estimate of drug-likeness (QED) is 0.551. The molecule has 30 heavy (non-hydrogen) atoms. The van der Waals surface area contributed by atoms with Crippen LogP contribution in [0.5, 0.6) is 0 Å². The molecule has 3 aromatic rings. The summed E-state index contributed by atoms with van der Waals surface area (Å²) < 4.78 is 5.18. The smallest absolute Gasteiger partial charge is 0.266 e. The number of nitrogens with zero attached hydrogens (tertiary/aromatic N) is 4. The number of halogens is 1. The van der Waals surface area contributed by atoms with Crippen LogP contribution in [0.2, 0.25) is 0 Å². The fraction of sp³-hybridized carbons (Fsp3) is 0.333. The van der Waals surface area contributed by atoms with Gasteiger partial charge in [0.15, 0.2) is 6.54 Å². The van der Waals surface area contributed by atoms with Crippen molar-refractivity contribution in [3.63, 3.8) is 0 Å². The number of carbonyl (C=O) groups is 1. The average Bonchev–Trinajstić information content (AvgIpc) is 3.38. The van der Waals surface area contributed by atoms with E-state index in [1.54, 1.807) is 0 Å². The average molecular weight is 466 g/mol. The third-order valence-corrected chi connectivity index (χ3v) is 7.19. The lowest BCUT2D eigenvalue weighted by molar-refractivity contribution is -0.687. The molecule has 1 amide bonds. The van der Waals surface area contributed by atoms with E-state index in [0.717, 1.165) is 24.0 Å². The first kappa shape index (κ1) is 19.4. The molecule has 3 heterocycles. The van der Waals surface area contributed by atoms with Gasteiger partial charge in [-0.2, -0.15) is 0 Å². The maximum atomic E-state index is 13.3. The van der Waals surface area contributed by atoms with E-state index >= 15 is 0 Å². The fourth-order valence-electron chi connectivity index (χ4n) is 5.19. The largest absolute Gasteiger partial charge is 0.353 e. The summed E-state index contributed by atoms with van der Waals surface area (Å²) in [5.74, 6) is 0.176. The molecule has 2 atom stereocenters. The Hall–Kier alpha value is -2.60. The van der Waals surface area contributed by atoms with Crippen LogP contribution in [-0.4, -0.2) is 35.1 Å². The highest BCUT2D eigenvalue weighted by atomic mass is 79.9. The highest BCUT2D eigenvalue weighted by Crippen LogP contribution is 2.51. The normalized spacial score (nSPS) is 22.3. The predicted octanol–water partition coefficient (Wildman–Crippen LogP) is 3.55. The number of amides is 1. The van der Waals surface area contributed by atoms with E-state index < -0.39 is 0 Å². The topological polar surface area (TPSA) is 32.4 Å². The van der Waals surface area contributed by atoms with Crippen molar-refractivity contribution in [1.29, 1.82) is 0 Å². The molecule has 2 aliphatic rings. The minimum atomic E-state index is -0.000809. The second-order valence-electron chi connectivity index (χ2n) is 8.64. The highest BCUT2D eigenvalue weighted by Gasteiger charge is 2.54. The molecule has 2 aliphatic heterocycles. The molecule has 2 unspecified atom stereocenters. The van der Waals surface area contributed by atoms with Gasteiger partial charge in [0, 0.05) is 29.2 Å². The predicted molar refractivity (Wildman–Crippen MR) is 120 cm³/mol. The van der Waals surface area contributed by atoms with Crippen LogP contribution in [0, 0.1) is 0 Å². The summed E-state index contributed by atoms with van der Waals surface area (Å²) in [5, 5.41) is 0. The lowest BCUT2D eigenvalue weighted by Gasteiger charge is -2.34. The third-order valence-electron chi connectivity index (χ3n) is 6.67. The molecular weight excluding hydrogens is 440 g/mol. The molecule has 5 nitrogen and oxygen atoms in total. The summed E-state index contributed by atoms with van der Waals surface area (Å²) in [7, 11) is 2.11. The summed E-state index contributed by atoms with van der Waals surface area (Å²) in [6, 6.07) is 16.9. The van der Waals surface area contributed by atoms with Gasteiger partial charge >= 0.3 is 0 Å². The van der Waals surface area contributed by atoms with Gasteiger partial charge in [-0.3, -0.25) is 4.79 Å². The molecule has 0 radical (unpaired) electrons. The lowest BCUT2D eigenvalue weighted by atomic mass is 9.81. The van der Waals surface area contributed by atoms with Gasteiger partial charge in [0.25, 0.3) is 5.91 Å². The van der Waals surface area contributed by atoms with Crippen molar-refractivity contribution in [3.8, 4) is 0 Å². The molecule has 0 bridgehead atoms. The van der Waals surface area contributed by atoms with Gasteiger partial charge in [0.05, 0.1) is 0 Å². The summed E-state index contributed by atoms with van der Waals surface area (Å²) in [6.07, 6.45) is 7.12. The van der Waals surface area contributed by atoms with Crippen LogP contribution in [0.15, 0.2) is 71.7 Å². The van der Waals surface area contributed by atoms with E-state index in [1.807, 2.05) is 23.3 Å². The lowest BCUT2D eigenvalue weighted by Crippen LogP contribution is -2.50. The number of likely N-dealkylation sites (tertiary alicyclic amines) is 1. The van der Waals surface area contributed by atoms with Crippen molar-refractivity contribution in [1.82, 2.24) is 9.47 Å². The standard InChI is InChI=1S/C24H26BrN4O/c1-24-11-12-29(23(24)26(2)21-6-4-3-5-20(21)24)22(30)16-28-14-13-27(17-28)15-18-7-9-19(25)10-8-18/h3-10,13-14,17,23H,11-12,15-16H2,1-2H3/q+1. The SMILES string of the molecule is CN1c2ccccc2C2(C)CCN(C(=O)Cn3cc[n+](Cc4ccc(Br)cc4)c3)C12. The van der Waals surface area contributed by atoms with Gasteiger partial charge in [0.1, 0.15) is 25.1 Å². The molecule has 154 valence electrons. The van der Waals surface area contributed by atoms with Crippen molar-refractivity contribution in [3.05, 3.63) is 82.9 Å². The summed E-state index contributed by atoms with van der Waals surface area (Å²) in [5.41, 5.74) is 3.84. The second kappa shape index (κ2) is 7.27. The number of imidazole rings is 1. The molecule has 0 spiro atoms. The Bertz CT molecular complexity index is 1090. The van der Waals surface area contributed by atoms with Crippen molar-refractivity contribution in [2.45, 2.75) is 38.0 Å². The summed E-state index contributed by atoms with van der Waals surface area (Å²) in [4.78, 5) is 17.6. The number of fused-ring (bicyclic) bond motifs is 3. The maximum Gasteiger partial charge on any atom is 0.266 e. The van der Waals surface area contributed by atoms with E-state index in [9.17, 15) is 4.79 Å². The fourth-order valence-corrected chi connectivity index (χ4v) is 5.45. The zero-order chi connectivity index (χ0) is 20.9. The maximum absolute atomic E-state index is 13.3. The minimum Gasteiger partial charge on any atom is -0.353 e. The van der Waals surface area contributed by atoms with Crippen LogP contribution in [0.4, 0.5) is 5.69 Å². The number of likely N-dealkylation sites (N-methyl/N-ethyl adjacent to an activating group) is 1. The number of para-hydroxylation sites is 1. The second-order valence-corrected chi connectivity index (χ2v) is 9.56. The van der Waals surface area contributed by atoms with Crippen LogP contribution in [-0.2, 0) is 23.3 Å². The first-order valence-corrected chi connectivity index (χ1v) is 11.2. The summed E-state index contributed by atoms with van der Waals surface area (Å²) >= 11 is 3.47. The van der Waals surface area contributed by atoms with Crippen LogP contribution in [0.1, 0.15) is 24.5 Å². The molecule has 0 aliphatic carbocycles. The van der Waals surface area contributed by atoms with E-state index in [2.05, 4.69) is 92.8 Å². The minimum absolute atomic E-state index is 0.000809. The molecule has 6 heteroatoms. The molecule has 5 rings (SSSR count). The number of hydrogen-bond acceptors (Lipinski definition) is 2. The molecule has 1 fully saturated rings. The highest BCUT2D eigenvalue weighted by molar-refractivity contribution is 9.10. The number of carbonyl (C=O) groups excluding carboxylic acids is 1. The number of benzene rings is 2. The van der Waals surface area contributed by atoms with Gasteiger partial charge in [-0.15, -0.1) is 0 Å². The molecule has 1 aromatic heterocycles. The van der Waals surface area contributed by atoms with Gasteiger partial charge in [-0.05, 0) is 35.7 Å². The van der Waals surface area contributed by atoms with Gasteiger partial charge in [0.2, 0.25) is 6.33 Å². The molecule has 1 saturated heterocycles. The van der Waals surface area contributed by atoms with Gasteiger partial charge in [-0.25, -0.2) is 9.13 Å². The monoisotopic (exact) mass is 465 g/mol. The number of aromatic nitrogens is 2. The molecule has 2 aromatic carbocycles. The Labute approximate surface area is 185 Å². The zero-order valence-electron chi connectivity index (χ0n) is 17.3. The molecule has 0 saturated carbocycles.